The molecule has 124 valence electrons. The Morgan fingerprint density at radius 3 is 2.87 bits per heavy atom. The van der Waals surface area contributed by atoms with Crippen LogP contribution in [0.15, 0.2) is 35.5 Å². The first kappa shape index (κ1) is 15.9. The number of aryl methyl sites for hydroxylation is 1. The standard InChI is InChI=1S/C15H20N4O3S/c1-3-22-15-5-4-14(10-12(15)2)23(20,21)18-8-6-13(11-18)19-9-7-16-17-19/h4-5,7,9-10,13H,3,6,8,11H2,1-2H3. The Morgan fingerprint density at radius 2 is 2.22 bits per heavy atom. The van der Waals surface area contributed by atoms with E-state index in [1.165, 1.54) is 4.31 Å². The molecule has 1 aliphatic heterocycles. The molecule has 0 spiro atoms. The minimum atomic E-state index is -3.50. The van der Waals surface area contributed by atoms with Crippen molar-refractivity contribution >= 4 is 10.0 Å². The van der Waals surface area contributed by atoms with Crippen LogP contribution in [0.3, 0.4) is 0 Å². The van der Waals surface area contributed by atoms with Crippen molar-refractivity contribution in [2.24, 2.45) is 0 Å². The molecule has 0 saturated carbocycles. The summed E-state index contributed by atoms with van der Waals surface area (Å²) >= 11 is 0. The average Bonchev–Trinajstić information content (AvgIpc) is 3.20. The molecular formula is C15H20N4O3S. The predicted molar refractivity (Wildman–Crippen MR) is 84.8 cm³/mol. The van der Waals surface area contributed by atoms with E-state index in [1.807, 2.05) is 13.8 Å². The van der Waals surface area contributed by atoms with Gasteiger partial charge in [0, 0.05) is 19.3 Å². The zero-order valence-electron chi connectivity index (χ0n) is 13.2. The monoisotopic (exact) mass is 336 g/mol. The van der Waals surface area contributed by atoms with E-state index in [4.69, 9.17) is 4.74 Å². The van der Waals surface area contributed by atoms with Gasteiger partial charge in [0.1, 0.15) is 5.75 Å². The van der Waals surface area contributed by atoms with E-state index in [9.17, 15) is 8.42 Å². The van der Waals surface area contributed by atoms with Crippen molar-refractivity contribution in [2.45, 2.75) is 31.2 Å². The van der Waals surface area contributed by atoms with E-state index in [1.54, 1.807) is 35.3 Å². The lowest BCUT2D eigenvalue weighted by Gasteiger charge is -2.17. The van der Waals surface area contributed by atoms with Crippen LogP contribution in [0.5, 0.6) is 5.75 Å². The van der Waals surface area contributed by atoms with E-state index >= 15 is 0 Å². The highest BCUT2D eigenvalue weighted by molar-refractivity contribution is 7.89. The Morgan fingerprint density at radius 1 is 1.39 bits per heavy atom. The van der Waals surface area contributed by atoms with Crippen molar-refractivity contribution in [3.63, 3.8) is 0 Å². The molecule has 0 bridgehead atoms. The van der Waals surface area contributed by atoms with Crippen LogP contribution in [0.25, 0.3) is 0 Å². The summed E-state index contributed by atoms with van der Waals surface area (Å²) in [6, 6.07) is 5.03. The van der Waals surface area contributed by atoms with Gasteiger partial charge < -0.3 is 4.74 Å². The summed E-state index contributed by atoms with van der Waals surface area (Å²) in [4.78, 5) is 0.303. The van der Waals surface area contributed by atoms with E-state index < -0.39 is 10.0 Å². The van der Waals surface area contributed by atoms with Crippen LogP contribution in [-0.4, -0.2) is 47.4 Å². The average molecular weight is 336 g/mol. The molecule has 2 heterocycles. The van der Waals surface area contributed by atoms with Crippen molar-refractivity contribution in [3.8, 4) is 5.75 Å². The molecule has 2 aromatic rings. The fraction of sp³-hybridized carbons (Fsp3) is 0.467. The zero-order valence-corrected chi connectivity index (χ0v) is 14.0. The Labute approximate surface area is 135 Å². The highest BCUT2D eigenvalue weighted by atomic mass is 32.2. The summed E-state index contributed by atoms with van der Waals surface area (Å²) in [6.07, 6.45) is 4.10. The van der Waals surface area contributed by atoms with Gasteiger partial charge in [-0.15, -0.1) is 5.10 Å². The van der Waals surface area contributed by atoms with Gasteiger partial charge in [-0.3, -0.25) is 0 Å². The molecule has 1 unspecified atom stereocenters. The Kier molecular flexibility index (Phi) is 4.36. The van der Waals surface area contributed by atoms with Gasteiger partial charge in [-0.1, -0.05) is 5.21 Å². The van der Waals surface area contributed by atoms with Gasteiger partial charge in [0.25, 0.3) is 0 Å². The largest absolute Gasteiger partial charge is 0.494 e. The summed E-state index contributed by atoms with van der Waals surface area (Å²) in [5, 5.41) is 7.74. The summed E-state index contributed by atoms with van der Waals surface area (Å²) in [5.74, 6) is 0.716. The third kappa shape index (κ3) is 3.09. The smallest absolute Gasteiger partial charge is 0.243 e. The molecule has 3 rings (SSSR count). The minimum Gasteiger partial charge on any atom is -0.494 e. The second-order valence-corrected chi connectivity index (χ2v) is 7.49. The first-order valence-electron chi connectivity index (χ1n) is 7.61. The van der Waals surface area contributed by atoms with E-state index in [2.05, 4.69) is 10.3 Å². The van der Waals surface area contributed by atoms with Crippen LogP contribution in [0, 0.1) is 6.92 Å². The molecule has 0 aliphatic carbocycles. The Hall–Kier alpha value is -1.93. The van der Waals surface area contributed by atoms with Crippen molar-refractivity contribution in [2.75, 3.05) is 19.7 Å². The molecule has 7 nitrogen and oxygen atoms in total. The molecule has 1 aliphatic rings. The number of hydrogen-bond donors (Lipinski definition) is 0. The number of aromatic nitrogens is 3. The van der Waals surface area contributed by atoms with E-state index in [0.717, 1.165) is 12.0 Å². The van der Waals surface area contributed by atoms with Crippen LogP contribution >= 0.6 is 0 Å². The van der Waals surface area contributed by atoms with Crippen LogP contribution in [-0.2, 0) is 10.0 Å². The minimum absolute atomic E-state index is 0.0380. The maximum Gasteiger partial charge on any atom is 0.243 e. The van der Waals surface area contributed by atoms with Crippen LogP contribution < -0.4 is 4.74 Å². The molecule has 0 N–H and O–H groups in total. The lowest BCUT2D eigenvalue weighted by atomic mass is 10.2. The Balaban J connectivity index is 1.81. The molecular weight excluding hydrogens is 316 g/mol. The number of nitrogens with zero attached hydrogens (tertiary/aromatic N) is 4. The van der Waals surface area contributed by atoms with Gasteiger partial charge >= 0.3 is 0 Å². The molecule has 1 aromatic carbocycles. The highest BCUT2D eigenvalue weighted by Gasteiger charge is 2.33. The molecule has 0 amide bonds. The second kappa shape index (κ2) is 6.29. The maximum atomic E-state index is 12.8. The lowest BCUT2D eigenvalue weighted by Crippen LogP contribution is -2.29. The number of benzene rings is 1. The summed E-state index contributed by atoms with van der Waals surface area (Å²) in [5.41, 5.74) is 0.819. The van der Waals surface area contributed by atoms with Gasteiger partial charge in [0.15, 0.2) is 0 Å². The molecule has 1 saturated heterocycles. The number of sulfonamides is 1. The first-order valence-corrected chi connectivity index (χ1v) is 9.05. The zero-order chi connectivity index (χ0) is 16.4. The fourth-order valence-electron chi connectivity index (χ4n) is 2.81. The molecule has 8 heteroatoms. The quantitative estimate of drug-likeness (QED) is 0.829. The van der Waals surface area contributed by atoms with Gasteiger partial charge in [-0.25, -0.2) is 13.1 Å². The molecule has 1 aromatic heterocycles. The van der Waals surface area contributed by atoms with Crippen LogP contribution in [0.4, 0.5) is 0 Å². The van der Waals surface area contributed by atoms with E-state index in [-0.39, 0.29) is 6.04 Å². The fourth-order valence-corrected chi connectivity index (χ4v) is 4.38. The Bertz CT molecular complexity index is 774. The number of hydrogen-bond acceptors (Lipinski definition) is 5. The first-order chi connectivity index (χ1) is 11.0. The molecule has 23 heavy (non-hydrogen) atoms. The van der Waals surface area contributed by atoms with Crippen LogP contribution in [0.2, 0.25) is 0 Å². The summed E-state index contributed by atoms with van der Waals surface area (Å²) in [7, 11) is -3.50. The molecule has 1 atom stereocenters. The van der Waals surface area contributed by atoms with Gasteiger partial charge in [-0.2, -0.15) is 4.31 Å². The van der Waals surface area contributed by atoms with Crippen molar-refractivity contribution in [1.82, 2.24) is 19.3 Å². The van der Waals surface area contributed by atoms with Gasteiger partial charge in [-0.05, 0) is 44.0 Å². The lowest BCUT2D eigenvalue weighted by molar-refractivity contribution is 0.337. The van der Waals surface area contributed by atoms with Crippen molar-refractivity contribution in [3.05, 3.63) is 36.2 Å². The van der Waals surface area contributed by atoms with Crippen molar-refractivity contribution in [1.29, 1.82) is 0 Å². The predicted octanol–water partition coefficient (Wildman–Crippen LogP) is 1.62. The second-order valence-electron chi connectivity index (χ2n) is 5.55. The SMILES string of the molecule is CCOc1ccc(S(=O)(=O)N2CCC(n3ccnn3)C2)cc1C. The third-order valence-electron chi connectivity index (χ3n) is 4.03. The highest BCUT2D eigenvalue weighted by Crippen LogP contribution is 2.29. The summed E-state index contributed by atoms with van der Waals surface area (Å²) in [6.45, 7) is 5.21. The normalized spacial score (nSPS) is 19.1. The van der Waals surface area contributed by atoms with Crippen LogP contribution in [0.1, 0.15) is 24.9 Å². The van der Waals surface area contributed by atoms with Crippen molar-refractivity contribution < 1.29 is 13.2 Å². The third-order valence-corrected chi connectivity index (χ3v) is 5.89. The number of rotatable bonds is 5. The van der Waals surface area contributed by atoms with Gasteiger partial charge in [0.2, 0.25) is 10.0 Å². The molecule has 0 radical (unpaired) electrons. The summed E-state index contributed by atoms with van der Waals surface area (Å²) < 4.78 is 34.3. The molecule has 1 fully saturated rings. The van der Waals surface area contributed by atoms with Gasteiger partial charge in [0.05, 0.1) is 23.7 Å². The maximum absolute atomic E-state index is 12.8. The topological polar surface area (TPSA) is 77.3 Å². The van der Waals surface area contributed by atoms with E-state index in [0.29, 0.717) is 30.3 Å². The number of ether oxygens (including phenoxy) is 1.